The van der Waals surface area contributed by atoms with Crippen LogP contribution in [0.1, 0.15) is 49.7 Å². The molecule has 22 heavy (non-hydrogen) atoms. The van der Waals surface area contributed by atoms with E-state index in [9.17, 15) is 9.50 Å². The standard InChI is InChI=1S/C19H25FO2/c1-19-8-7-14-13-6-4-12(22-2)9-11(13)3-5-15(14)16(19)10-17(20)18(19)21/h4,6,9,14-18,21H,3,5,7-8,10H2,1-2H3/t14-,15-,16+,17-,18-,19+/m1/s1. The summed E-state index contributed by atoms with van der Waals surface area (Å²) in [6.45, 7) is 2.11. The lowest BCUT2D eigenvalue weighted by Crippen LogP contribution is -2.44. The molecule has 0 radical (unpaired) electrons. The molecule has 0 amide bonds. The zero-order valence-electron chi connectivity index (χ0n) is 13.4. The summed E-state index contributed by atoms with van der Waals surface area (Å²) in [5.74, 6) is 2.31. The van der Waals surface area contributed by atoms with Crippen LogP contribution in [0.4, 0.5) is 4.39 Å². The number of rotatable bonds is 1. The lowest BCUT2D eigenvalue weighted by molar-refractivity contribution is -0.0365. The van der Waals surface area contributed by atoms with Crippen LogP contribution in [0, 0.1) is 17.3 Å². The number of aliphatic hydroxyl groups is 1. The van der Waals surface area contributed by atoms with Gasteiger partial charge in [-0.25, -0.2) is 4.39 Å². The summed E-state index contributed by atoms with van der Waals surface area (Å²) in [4.78, 5) is 0. The van der Waals surface area contributed by atoms with Gasteiger partial charge in [0.05, 0.1) is 13.2 Å². The molecule has 0 aliphatic heterocycles. The van der Waals surface area contributed by atoms with Crippen molar-refractivity contribution >= 4 is 0 Å². The van der Waals surface area contributed by atoms with E-state index in [-0.39, 0.29) is 5.41 Å². The second-order valence-corrected chi connectivity index (χ2v) is 7.72. The molecule has 3 aliphatic rings. The number of ether oxygens (including phenoxy) is 1. The Balaban J connectivity index is 1.69. The van der Waals surface area contributed by atoms with Gasteiger partial charge in [-0.1, -0.05) is 13.0 Å². The molecule has 0 spiro atoms. The molecule has 0 heterocycles. The molecule has 1 aromatic carbocycles. The minimum Gasteiger partial charge on any atom is -0.497 e. The predicted molar refractivity (Wildman–Crippen MR) is 83.9 cm³/mol. The first-order valence-electron chi connectivity index (χ1n) is 8.53. The van der Waals surface area contributed by atoms with Gasteiger partial charge in [-0.15, -0.1) is 0 Å². The van der Waals surface area contributed by atoms with Crippen molar-refractivity contribution in [3.8, 4) is 5.75 Å². The molecule has 0 bridgehead atoms. The zero-order valence-corrected chi connectivity index (χ0v) is 13.4. The third-order valence-electron chi connectivity index (χ3n) is 6.87. The van der Waals surface area contributed by atoms with Crippen LogP contribution in [-0.2, 0) is 6.42 Å². The molecular weight excluding hydrogens is 279 g/mol. The van der Waals surface area contributed by atoms with Crippen LogP contribution in [-0.4, -0.2) is 24.5 Å². The number of halogens is 1. The number of benzene rings is 1. The van der Waals surface area contributed by atoms with Gasteiger partial charge in [-0.05, 0) is 78.5 Å². The maximum atomic E-state index is 14.2. The molecule has 4 rings (SSSR count). The molecule has 6 atom stereocenters. The normalized spacial score (nSPS) is 43.2. The molecule has 3 heteroatoms. The van der Waals surface area contributed by atoms with Gasteiger partial charge in [-0.3, -0.25) is 0 Å². The van der Waals surface area contributed by atoms with E-state index in [1.165, 1.54) is 11.1 Å². The first kappa shape index (κ1) is 14.5. The second kappa shape index (κ2) is 4.95. The van der Waals surface area contributed by atoms with Crippen LogP contribution in [0.25, 0.3) is 0 Å². The molecular formula is C19H25FO2. The minimum atomic E-state index is -1.04. The van der Waals surface area contributed by atoms with Gasteiger partial charge >= 0.3 is 0 Å². The van der Waals surface area contributed by atoms with E-state index in [0.29, 0.717) is 24.2 Å². The summed E-state index contributed by atoms with van der Waals surface area (Å²) < 4.78 is 19.5. The van der Waals surface area contributed by atoms with Gasteiger partial charge in [0.2, 0.25) is 0 Å². The Morgan fingerprint density at radius 1 is 1.32 bits per heavy atom. The van der Waals surface area contributed by atoms with Crippen molar-refractivity contribution in [2.75, 3.05) is 7.11 Å². The predicted octanol–water partition coefficient (Wildman–Crippen LogP) is 3.86. The van der Waals surface area contributed by atoms with Crippen LogP contribution in [0.5, 0.6) is 5.75 Å². The van der Waals surface area contributed by atoms with E-state index in [1.807, 2.05) is 0 Å². The van der Waals surface area contributed by atoms with Crippen LogP contribution >= 0.6 is 0 Å². The monoisotopic (exact) mass is 304 g/mol. The Bertz CT molecular complexity index is 587. The number of hydrogen-bond acceptors (Lipinski definition) is 2. The highest BCUT2D eigenvalue weighted by atomic mass is 19.1. The topological polar surface area (TPSA) is 29.5 Å². The van der Waals surface area contributed by atoms with Gasteiger partial charge < -0.3 is 9.84 Å². The third-order valence-corrected chi connectivity index (χ3v) is 6.87. The Hall–Kier alpha value is -1.09. The third kappa shape index (κ3) is 1.87. The second-order valence-electron chi connectivity index (χ2n) is 7.72. The van der Waals surface area contributed by atoms with Crippen molar-refractivity contribution in [3.05, 3.63) is 29.3 Å². The SMILES string of the molecule is COc1ccc2c(c1)CC[C@@H]1[C@@H]2CC[C@]2(C)[C@H](O)[C@H](F)C[C@@H]12. The zero-order chi connectivity index (χ0) is 15.5. The lowest BCUT2D eigenvalue weighted by Gasteiger charge is -2.49. The number of hydrogen-bond donors (Lipinski definition) is 1. The Morgan fingerprint density at radius 3 is 2.91 bits per heavy atom. The fraction of sp³-hybridized carbons (Fsp3) is 0.684. The largest absolute Gasteiger partial charge is 0.497 e. The summed E-state index contributed by atoms with van der Waals surface area (Å²) in [6.07, 6.45) is 2.91. The highest BCUT2D eigenvalue weighted by Gasteiger charge is 2.58. The molecule has 0 saturated heterocycles. The van der Waals surface area contributed by atoms with Gasteiger partial charge in [-0.2, -0.15) is 0 Å². The maximum absolute atomic E-state index is 14.2. The number of aryl methyl sites for hydroxylation is 1. The van der Waals surface area contributed by atoms with Crippen molar-refractivity contribution in [1.82, 2.24) is 0 Å². The van der Waals surface area contributed by atoms with E-state index in [0.717, 1.165) is 31.4 Å². The van der Waals surface area contributed by atoms with Crippen molar-refractivity contribution in [2.24, 2.45) is 17.3 Å². The van der Waals surface area contributed by atoms with Gasteiger partial charge in [0, 0.05) is 0 Å². The summed E-state index contributed by atoms with van der Waals surface area (Å²) in [5.41, 5.74) is 2.63. The van der Waals surface area contributed by atoms with E-state index in [1.54, 1.807) is 7.11 Å². The summed E-state index contributed by atoms with van der Waals surface area (Å²) >= 11 is 0. The highest BCUT2D eigenvalue weighted by molar-refractivity contribution is 5.40. The van der Waals surface area contributed by atoms with Gasteiger partial charge in [0.25, 0.3) is 0 Å². The van der Waals surface area contributed by atoms with E-state index in [4.69, 9.17) is 4.74 Å². The van der Waals surface area contributed by atoms with E-state index < -0.39 is 12.3 Å². The maximum Gasteiger partial charge on any atom is 0.127 e. The van der Waals surface area contributed by atoms with E-state index >= 15 is 0 Å². The number of methoxy groups -OCH3 is 1. The quantitative estimate of drug-likeness (QED) is 0.853. The van der Waals surface area contributed by atoms with Crippen LogP contribution in [0.2, 0.25) is 0 Å². The smallest absolute Gasteiger partial charge is 0.127 e. The van der Waals surface area contributed by atoms with Crippen molar-refractivity contribution in [3.63, 3.8) is 0 Å². The van der Waals surface area contributed by atoms with Crippen LogP contribution in [0.3, 0.4) is 0 Å². The van der Waals surface area contributed by atoms with Crippen molar-refractivity contribution in [1.29, 1.82) is 0 Å². The summed E-state index contributed by atoms with van der Waals surface area (Å²) in [7, 11) is 1.71. The Labute approximate surface area is 131 Å². The molecule has 1 N–H and O–H groups in total. The fourth-order valence-corrected chi connectivity index (χ4v) is 5.63. The van der Waals surface area contributed by atoms with Crippen LogP contribution < -0.4 is 4.74 Å². The number of aliphatic hydroxyl groups excluding tert-OH is 1. The minimum absolute atomic E-state index is 0.218. The fourth-order valence-electron chi connectivity index (χ4n) is 5.63. The molecule has 2 nitrogen and oxygen atoms in total. The van der Waals surface area contributed by atoms with Crippen LogP contribution in [0.15, 0.2) is 18.2 Å². The number of alkyl halides is 1. The van der Waals surface area contributed by atoms with Crippen molar-refractivity contribution in [2.45, 2.75) is 57.2 Å². The highest BCUT2D eigenvalue weighted by Crippen LogP contribution is 2.61. The van der Waals surface area contributed by atoms with Crippen molar-refractivity contribution < 1.29 is 14.2 Å². The molecule has 120 valence electrons. The first-order valence-corrected chi connectivity index (χ1v) is 8.53. The molecule has 2 fully saturated rings. The number of fused-ring (bicyclic) bond motifs is 5. The molecule has 0 unspecified atom stereocenters. The Morgan fingerprint density at radius 2 is 2.14 bits per heavy atom. The molecule has 3 aliphatic carbocycles. The molecule has 1 aromatic rings. The summed E-state index contributed by atoms with van der Waals surface area (Å²) in [5, 5.41) is 10.3. The van der Waals surface area contributed by atoms with Gasteiger partial charge in [0.1, 0.15) is 11.9 Å². The van der Waals surface area contributed by atoms with Gasteiger partial charge in [0.15, 0.2) is 0 Å². The Kier molecular flexibility index (Phi) is 3.26. The average Bonchev–Trinajstić information content (AvgIpc) is 2.77. The average molecular weight is 304 g/mol. The molecule has 0 aromatic heterocycles. The van der Waals surface area contributed by atoms with E-state index in [2.05, 4.69) is 25.1 Å². The lowest BCUT2D eigenvalue weighted by atomic mass is 9.55. The summed E-state index contributed by atoms with van der Waals surface area (Å²) in [6, 6.07) is 6.43. The molecule has 2 saturated carbocycles. The first-order chi connectivity index (χ1) is 10.5.